The van der Waals surface area contributed by atoms with Crippen LogP contribution in [0.15, 0.2) is 42.6 Å². The van der Waals surface area contributed by atoms with Crippen molar-refractivity contribution in [2.45, 2.75) is 25.4 Å². The van der Waals surface area contributed by atoms with E-state index in [4.69, 9.17) is 17.3 Å². The number of hydrogen-bond donors (Lipinski definition) is 6. The molecule has 0 atom stereocenters. The van der Waals surface area contributed by atoms with E-state index in [1.54, 1.807) is 9.80 Å². The SMILES string of the molecule is Nc1ccc(-c2[nH]nc(C(F)(F)F)c2Cc2cnc(C(=O)Nc3ccc(C(=O)N4CCN(C(=O)C5CC[N+](CC(=O)O)(CC6CNC6)CC5)CC4)c(Cl)c3)[nH]2)c(F)c1. The summed E-state index contributed by atoms with van der Waals surface area (Å²) in [6.07, 6.45) is -2.87. The number of rotatable bonds is 11. The second-order valence-corrected chi connectivity index (χ2v) is 15.6. The van der Waals surface area contributed by atoms with Crippen molar-refractivity contribution in [1.82, 2.24) is 35.3 Å². The molecule has 308 valence electrons. The van der Waals surface area contributed by atoms with Crippen molar-refractivity contribution >= 4 is 46.7 Å². The molecular formula is C38H42ClF4N10O5+. The Hall–Kier alpha value is -5.53. The number of nitrogens with zero attached hydrogens (tertiary/aromatic N) is 5. The number of benzene rings is 2. The highest BCUT2D eigenvalue weighted by Crippen LogP contribution is 2.37. The predicted molar refractivity (Wildman–Crippen MR) is 203 cm³/mol. The number of carboxylic acid groups (broad SMARTS) is 1. The van der Waals surface area contributed by atoms with E-state index < -0.39 is 36.0 Å². The topological polar surface area (TPSA) is 202 Å². The molecule has 20 heteroatoms. The molecule has 3 saturated heterocycles. The third kappa shape index (κ3) is 8.80. The molecule has 7 N–H and O–H groups in total. The van der Waals surface area contributed by atoms with Crippen LogP contribution in [0.3, 0.4) is 0 Å². The third-order valence-electron chi connectivity index (χ3n) is 11.2. The fourth-order valence-electron chi connectivity index (χ4n) is 8.08. The summed E-state index contributed by atoms with van der Waals surface area (Å²) in [5, 5.41) is 21.1. The Morgan fingerprint density at radius 3 is 2.34 bits per heavy atom. The summed E-state index contributed by atoms with van der Waals surface area (Å²) in [6.45, 7) is 5.19. The van der Waals surface area contributed by atoms with Crippen LogP contribution in [-0.4, -0.2) is 129 Å². The molecule has 5 heterocycles. The molecule has 3 fully saturated rings. The van der Waals surface area contributed by atoms with Gasteiger partial charge in [-0.05, 0) is 36.4 Å². The zero-order valence-corrected chi connectivity index (χ0v) is 31.9. The summed E-state index contributed by atoms with van der Waals surface area (Å²) in [7, 11) is 0. The fourth-order valence-corrected chi connectivity index (χ4v) is 8.34. The van der Waals surface area contributed by atoms with Crippen LogP contribution < -0.4 is 16.4 Å². The molecule has 3 amide bonds. The fraction of sp³-hybridized carbons (Fsp3) is 0.421. The summed E-state index contributed by atoms with van der Waals surface area (Å²) < 4.78 is 56.8. The number of aliphatic carboxylic acids is 1. The van der Waals surface area contributed by atoms with E-state index in [1.807, 2.05) is 0 Å². The van der Waals surface area contributed by atoms with Gasteiger partial charge in [0.2, 0.25) is 5.91 Å². The number of piperidine rings is 1. The smallest absolute Gasteiger partial charge is 0.435 e. The molecule has 15 nitrogen and oxygen atoms in total. The van der Waals surface area contributed by atoms with Gasteiger partial charge < -0.3 is 40.7 Å². The Balaban J connectivity index is 0.933. The van der Waals surface area contributed by atoms with Crippen molar-refractivity contribution in [3.05, 3.63) is 81.8 Å². The van der Waals surface area contributed by atoms with E-state index in [2.05, 4.69) is 30.8 Å². The van der Waals surface area contributed by atoms with Crippen LogP contribution in [0.25, 0.3) is 11.3 Å². The summed E-state index contributed by atoms with van der Waals surface area (Å²) in [5.74, 6) is -2.70. The monoisotopic (exact) mass is 829 g/mol. The van der Waals surface area contributed by atoms with E-state index in [9.17, 15) is 41.8 Å². The Bertz CT molecular complexity index is 2210. The van der Waals surface area contributed by atoms with Crippen molar-refractivity contribution in [1.29, 1.82) is 0 Å². The number of nitrogen functional groups attached to an aromatic ring is 1. The molecule has 3 aliphatic rings. The minimum Gasteiger partial charge on any atom is -0.477 e. The number of alkyl halides is 3. The molecule has 2 aromatic carbocycles. The van der Waals surface area contributed by atoms with Crippen LogP contribution in [0.2, 0.25) is 5.02 Å². The van der Waals surface area contributed by atoms with E-state index in [-0.39, 0.29) is 74.6 Å². The zero-order valence-electron chi connectivity index (χ0n) is 31.2. The largest absolute Gasteiger partial charge is 0.477 e. The number of anilines is 2. The zero-order chi connectivity index (χ0) is 41.4. The molecule has 58 heavy (non-hydrogen) atoms. The number of aromatic amines is 2. The highest BCUT2D eigenvalue weighted by Gasteiger charge is 2.42. The van der Waals surface area contributed by atoms with Crippen molar-refractivity contribution in [2.75, 3.05) is 76.5 Å². The summed E-state index contributed by atoms with van der Waals surface area (Å²) >= 11 is 6.51. The minimum atomic E-state index is -4.86. The van der Waals surface area contributed by atoms with Crippen LogP contribution in [0, 0.1) is 17.7 Å². The summed E-state index contributed by atoms with van der Waals surface area (Å²) in [5.41, 5.74) is 4.22. The minimum absolute atomic E-state index is 0.0261. The molecule has 0 radical (unpaired) electrons. The van der Waals surface area contributed by atoms with E-state index >= 15 is 0 Å². The lowest BCUT2D eigenvalue weighted by Crippen LogP contribution is -2.62. The molecule has 3 aliphatic heterocycles. The van der Waals surface area contributed by atoms with Crippen molar-refractivity contribution in [2.24, 2.45) is 11.8 Å². The molecule has 0 saturated carbocycles. The number of carbonyl (C=O) groups excluding carboxylic acids is 3. The number of aromatic nitrogens is 4. The maximum atomic E-state index is 14.7. The number of likely N-dealkylation sites (tertiary alicyclic amines) is 1. The number of amides is 3. The van der Waals surface area contributed by atoms with Gasteiger partial charge >= 0.3 is 12.1 Å². The number of quaternary nitrogens is 1. The number of piperazine rings is 1. The lowest BCUT2D eigenvalue weighted by atomic mass is 9.90. The van der Waals surface area contributed by atoms with Crippen LogP contribution in [-0.2, 0) is 22.2 Å². The number of hydrogen-bond acceptors (Lipinski definition) is 8. The van der Waals surface area contributed by atoms with E-state index in [0.717, 1.165) is 25.7 Å². The standard InChI is InChI=1S/C38H41ClF4N10O5/c39-29-15-24(48-35(56)34-46-18-25(47-34)14-28-32(49-50-33(28)38(41,42)43)27-3-1-23(44)13-30(27)40)2-4-26(29)37(58)52-9-7-51(8-10-52)36(57)22-5-11-53(12-6-22,20-31(54)55)19-21-16-45-17-21/h1-4,13,15,18,21-22,45H,5-12,14,16-17,19-20H2,(H5-,44,46,47,48,49,50,54,55,56,58)/p+1. The van der Waals surface area contributed by atoms with E-state index in [0.29, 0.717) is 62.5 Å². The Morgan fingerprint density at radius 2 is 1.72 bits per heavy atom. The number of halogens is 5. The molecule has 4 aromatic rings. The summed E-state index contributed by atoms with van der Waals surface area (Å²) in [4.78, 5) is 61.8. The summed E-state index contributed by atoms with van der Waals surface area (Å²) in [6, 6.07) is 7.89. The van der Waals surface area contributed by atoms with Crippen LogP contribution >= 0.6 is 11.6 Å². The van der Waals surface area contributed by atoms with Crippen LogP contribution in [0.5, 0.6) is 0 Å². The maximum absolute atomic E-state index is 14.7. The van der Waals surface area contributed by atoms with Gasteiger partial charge in [0, 0.05) is 105 Å². The van der Waals surface area contributed by atoms with Gasteiger partial charge in [0.15, 0.2) is 18.1 Å². The first-order valence-corrected chi connectivity index (χ1v) is 19.2. The lowest BCUT2D eigenvalue weighted by molar-refractivity contribution is -0.929. The second-order valence-electron chi connectivity index (χ2n) is 15.2. The normalized spacial score (nSPS) is 20.1. The van der Waals surface area contributed by atoms with Gasteiger partial charge in [0.25, 0.3) is 11.8 Å². The molecule has 7 rings (SSSR count). The average Bonchev–Trinajstić information content (AvgIpc) is 3.81. The molecular weight excluding hydrogens is 788 g/mol. The van der Waals surface area contributed by atoms with Crippen molar-refractivity contribution < 1.29 is 46.3 Å². The highest BCUT2D eigenvalue weighted by molar-refractivity contribution is 6.34. The van der Waals surface area contributed by atoms with Gasteiger partial charge in [0.1, 0.15) is 5.82 Å². The molecule has 0 aliphatic carbocycles. The average molecular weight is 830 g/mol. The predicted octanol–water partition coefficient (Wildman–Crippen LogP) is 3.85. The van der Waals surface area contributed by atoms with Gasteiger partial charge in [-0.1, -0.05) is 11.6 Å². The van der Waals surface area contributed by atoms with Crippen LogP contribution in [0.1, 0.15) is 50.8 Å². The van der Waals surface area contributed by atoms with Crippen molar-refractivity contribution in [3.63, 3.8) is 0 Å². The van der Waals surface area contributed by atoms with Gasteiger partial charge in [-0.15, -0.1) is 0 Å². The van der Waals surface area contributed by atoms with Gasteiger partial charge in [-0.25, -0.2) is 14.2 Å². The Labute approximate surface area is 334 Å². The number of nitrogens with one attached hydrogen (secondary N) is 4. The first-order chi connectivity index (χ1) is 27.6. The molecule has 2 aromatic heterocycles. The van der Waals surface area contributed by atoms with Gasteiger partial charge in [-0.2, -0.15) is 18.3 Å². The first kappa shape index (κ1) is 40.7. The quantitative estimate of drug-likeness (QED) is 0.0738. The van der Waals surface area contributed by atoms with E-state index in [1.165, 1.54) is 36.5 Å². The molecule has 0 bridgehead atoms. The number of carboxylic acids is 1. The highest BCUT2D eigenvalue weighted by atomic mass is 35.5. The maximum Gasteiger partial charge on any atom is 0.435 e. The first-order valence-electron chi connectivity index (χ1n) is 18.8. The lowest BCUT2D eigenvalue weighted by Gasteiger charge is -2.46. The van der Waals surface area contributed by atoms with Gasteiger partial charge in [0.05, 0.1) is 35.9 Å². The van der Waals surface area contributed by atoms with Crippen molar-refractivity contribution in [3.8, 4) is 11.3 Å². The number of H-pyrrole nitrogens is 2. The third-order valence-corrected chi connectivity index (χ3v) is 11.5. The Kier molecular flexibility index (Phi) is 11.5. The Morgan fingerprint density at radius 1 is 1.02 bits per heavy atom. The number of imidazole rings is 1. The number of nitrogens with two attached hydrogens (primary N) is 1. The molecule has 0 unspecified atom stereocenters. The van der Waals surface area contributed by atoms with Crippen LogP contribution in [0.4, 0.5) is 28.9 Å². The van der Waals surface area contributed by atoms with Gasteiger partial charge in [-0.3, -0.25) is 19.5 Å². The second kappa shape index (κ2) is 16.4. The molecule has 0 spiro atoms. The number of carbonyl (C=O) groups is 4.